The number of allylic oxidation sites excluding steroid dienone is 1. The van der Waals surface area contributed by atoms with Crippen molar-refractivity contribution < 1.29 is 0 Å². The average molecular weight is 310 g/mol. The fourth-order valence-electron chi connectivity index (χ4n) is 1.59. The van der Waals surface area contributed by atoms with Crippen molar-refractivity contribution in [2.45, 2.75) is 0 Å². The third-order valence-electron chi connectivity index (χ3n) is 2.48. The number of benzene rings is 1. The molecule has 0 radical (unpaired) electrons. The number of rotatable bonds is 2. The second-order valence-corrected chi connectivity index (χ2v) is 4.83. The molecule has 94 valence electrons. The van der Waals surface area contributed by atoms with Gasteiger partial charge in [0.05, 0.1) is 20.7 Å². The zero-order valence-electron chi connectivity index (χ0n) is 9.57. The van der Waals surface area contributed by atoms with Gasteiger partial charge in [0, 0.05) is 18.0 Å². The van der Waals surface area contributed by atoms with Crippen LogP contribution in [0.2, 0.25) is 10.0 Å². The summed E-state index contributed by atoms with van der Waals surface area (Å²) < 4.78 is 0. The molecule has 0 spiro atoms. The third-order valence-corrected chi connectivity index (χ3v) is 3.49. The summed E-state index contributed by atoms with van der Waals surface area (Å²) in [5.74, 6) is 0. The summed E-state index contributed by atoms with van der Waals surface area (Å²) in [6, 6.07) is 10.5. The van der Waals surface area contributed by atoms with Gasteiger partial charge in [-0.3, -0.25) is 4.98 Å². The number of aromatic nitrogens is 1. The van der Waals surface area contributed by atoms with Crippen LogP contribution in [0.15, 0.2) is 42.7 Å². The van der Waals surface area contributed by atoms with Gasteiger partial charge in [-0.25, -0.2) is 0 Å². The average Bonchev–Trinajstić information content (AvgIpc) is 2.40. The number of nitriles is 1. The molecule has 2 rings (SSSR count). The van der Waals surface area contributed by atoms with Crippen molar-refractivity contribution in [1.29, 1.82) is 5.26 Å². The standard InChI is InChI=1S/C14H7Cl3N2/c15-11-2-1-3-12(16)13(11)14(17)10(8-18)9-4-6-19-7-5-9/h1-7H/b14-10-. The molecule has 0 fully saturated rings. The van der Waals surface area contributed by atoms with Gasteiger partial charge in [-0.15, -0.1) is 0 Å². The highest BCUT2D eigenvalue weighted by Gasteiger charge is 2.15. The Morgan fingerprint density at radius 2 is 1.63 bits per heavy atom. The Balaban J connectivity index is 2.67. The van der Waals surface area contributed by atoms with E-state index in [9.17, 15) is 5.26 Å². The van der Waals surface area contributed by atoms with Crippen LogP contribution in [-0.4, -0.2) is 4.98 Å². The molecule has 0 unspecified atom stereocenters. The Morgan fingerprint density at radius 3 is 2.16 bits per heavy atom. The molecule has 0 saturated heterocycles. The summed E-state index contributed by atoms with van der Waals surface area (Å²) in [5, 5.41) is 10.3. The molecule has 19 heavy (non-hydrogen) atoms. The molecule has 0 aliphatic rings. The van der Waals surface area contributed by atoms with E-state index in [2.05, 4.69) is 11.1 Å². The van der Waals surface area contributed by atoms with Gasteiger partial charge in [0.1, 0.15) is 6.07 Å². The lowest BCUT2D eigenvalue weighted by molar-refractivity contribution is 1.32. The van der Waals surface area contributed by atoms with Gasteiger partial charge in [0.2, 0.25) is 0 Å². The van der Waals surface area contributed by atoms with Gasteiger partial charge in [-0.2, -0.15) is 5.26 Å². The van der Waals surface area contributed by atoms with E-state index in [-0.39, 0.29) is 5.03 Å². The molecule has 2 nitrogen and oxygen atoms in total. The predicted octanol–water partition coefficient (Wildman–Crippen LogP) is 5.02. The van der Waals surface area contributed by atoms with Crippen LogP contribution in [0.1, 0.15) is 11.1 Å². The quantitative estimate of drug-likeness (QED) is 0.730. The summed E-state index contributed by atoms with van der Waals surface area (Å²) in [6.07, 6.45) is 3.18. The molecular formula is C14H7Cl3N2. The van der Waals surface area contributed by atoms with Gasteiger partial charge in [0.15, 0.2) is 0 Å². The van der Waals surface area contributed by atoms with E-state index in [1.54, 1.807) is 42.7 Å². The van der Waals surface area contributed by atoms with E-state index in [0.29, 0.717) is 26.7 Å². The Hall–Kier alpha value is -1.53. The van der Waals surface area contributed by atoms with Crippen molar-refractivity contribution >= 4 is 45.4 Å². The van der Waals surface area contributed by atoms with Crippen molar-refractivity contribution in [3.63, 3.8) is 0 Å². The maximum atomic E-state index is 9.29. The highest BCUT2D eigenvalue weighted by atomic mass is 35.5. The van der Waals surface area contributed by atoms with E-state index in [4.69, 9.17) is 34.8 Å². The second-order valence-electron chi connectivity index (χ2n) is 3.63. The van der Waals surface area contributed by atoms with Crippen LogP contribution in [-0.2, 0) is 0 Å². The number of hydrogen-bond donors (Lipinski definition) is 0. The zero-order chi connectivity index (χ0) is 13.8. The SMILES string of the molecule is N#C/C(=C(/Cl)c1c(Cl)cccc1Cl)c1ccncc1. The Morgan fingerprint density at radius 1 is 1.05 bits per heavy atom. The fraction of sp³-hybridized carbons (Fsp3) is 0. The fourth-order valence-corrected chi connectivity index (χ4v) is 2.63. The highest BCUT2D eigenvalue weighted by Crippen LogP contribution is 2.37. The molecule has 0 bridgehead atoms. The van der Waals surface area contributed by atoms with Crippen molar-refractivity contribution in [2.24, 2.45) is 0 Å². The first-order valence-corrected chi connectivity index (χ1v) is 6.43. The number of hydrogen-bond acceptors (Lipinski definition) is 2. The minimum atomic E-state index is 0.226. The van der Waals surface area contributed by atoms with E-state index >= 15 is 0 Å². The first-order chi connectivity index (χ1) is 9.15. The third kappa shape index (κ3) is 2.90. The van der Waals surface area contributed by atoms with Gasteiger partial charge in [0.25, 0.3) is 0 Å². The topological polar surface area (TPSA) is 36.7 Å². The van der Waals surface area contributed by atoms with Gasteiger partial charge in [-0.1, -0.05) is 40.9 Å². The van der Waals surface area contributed by atoms with Crippen LogP contribution in [0.3, 0.4) is 0 Å². The molecular weight excluding hydrogens is 303 g/mol. The molecule has 0 aliphatic carbocycles. The normalized spacial score (nSPS) is 11.7. The predicted molar refractivity (Wildman–Crippen MR) is 79.0 cm³/mol. The van der Waals surface area contributed by atoms with Crippen LogP contribution in [0.25, 0.3) is 10.6 Å². The smallest absolute Gasteiger partial charge is 0.101 e. The molecule has 1 aromatic carbocycles. The van der Waals surface area contributed by atoms with Gasteiger partial charge < -0.3 is 0 Å². The molecule has 0 amide bonds. The van der Waals surface area contributed by atoms with Crippen LogP contribution >= 0.6 is 34.8 Å². The number of pyridine rings is 1. The van der Waals surface area contributed by atoms with Crippen LogP contribution in [0.5, 0.6) is 0 Å². The Kier molecular flexibility index (Phi) is 4.44. The van der Waals surface area contributed by atoms with E-state index < -0.39 is 0 Å². The van der Waals surface area contributed by atoms with Crippen molar-refractivity contribution in [3.8, 4) is 6.07 Å². The molecule has 0 aliphatic heterocycles. The van der Waals surface area contributed by atoms with Crippen LogP contribution < -0.4 is 0 Å². The lowest BCUT2D eigenvalue weighted by Crippen LogP contribution is -1.89. The van der Waals surface area contributed by atoms with Gasteiger partial charge >= 0.3 is 0 Å². The number of nitrogens with zero attached hydrogens (tertiary/aromatic N) is 2. The van der Waals surface area contributed by atoms with Crippen molar-refractivity contribution in [1.82, 2.24) is 4.98 Å². The molecule has 1 aromatic heterocycles. The minimum absolute atomic E-state index is 0.226. The first kappa shape index (κ1) is 13.9. The summed E-state index contributed by atoms with van der Waals surface area (Å²) in [4.78, 5) is 3.90. The molecule has 0 saturated carbocycles. The first-order valence-electron chi connectivity index (χ1n) is 5.29. The lowest BCUT2D eigenvalue weighted by Gasteiger charge is -2.08. The van der Waals surface area contributed by atoms with Crippen LogP contribution in [0, 0.1) is 11.3 Å². The van der Waals surface area contributed by atoms with E-state index in [0.717, 1.165) is 0 Å². The maximum Gasteiger partial charge on any atom is 0.101 e. The van der Waals surface area contributed by atoms with Crippen LogP contribution in [0.4, 0.5) is 0 Å². The Bertz CT molecular complexity index is 653. The van der Waals surface area contributed by atoms with Gasteiger partial charge in [-0.05, 0) is 29.8 Å². The summed E-state index contributed by atoms with van der Waals surface area (Å²) in [6.45, 7) is 0. The second kappa shape index (κ2) is 6.08. The zero-order valence-corrected chi connectivity index (χ0v) is 11.8. The molecule has 0 N–H and O–H groups in total. The molecule has 5 heteroatoms. The van der Waals surface area contributed by atoms with Crippen molar-refractivity contribution in [2.75, 3.05) is 0 Å². The summed E-state index contributed by atoms with van der Waals surface area (Å²) in [5.41, 5.74) is 1.43. The number of halogens is 3. The highest BCUT2D eigenvalue weighted by molar-refractivity contribution is 6.56. The largest absolute Gasteiger partial charge is 0.265 e. The van der Waals surface area contributed by atoms with E-state index in [1.165, 1.54) is 0 Å². The summed E-state index contributed by atoms with van der Waals surface area (Å²) >= 11 is 18.5. The molecule has 1 heterocycles. The monoisotopic (exact) mass is 308 g/mol. The van der Waals surface area contributed by atoms with Crippen molar-refractivity contribution in [3.05, 3.63) is 63.9 Å². The molecule has 2 aromatic rings. The summed E-state index contributed by atoms with van der Waals surface area (Å²) in [7, 11) is 0. The Labute approximate surface area is 125 Å². The minimum Gasteiger partial charge on any atom is -0.265 e. The lowest BCUT2D eigenvalue weighted by atomic mass is 10.0. The molecule has 0 atom stereocenters. The maximum absolute atomic E-state index is 9.29. The van der Waals surface area contributed by atoms with E-state index in [1.807, 2.05) is 0 Å².